The Morgan fingerprint density at radius 2 is 0.748 bits per heavy atom. The Bertz CT molecular complexity index is 3890. The Balaban J connectivity index is 3.11. The van der Waals surface area contributed by atoms with Gasteiger partial charge in [0, 0.05) is 116 Å². The number of amides is 16. The maximum absolute atomic E-state index is 15.5. The molecule has 0 aliphatic carbocycles. The minimum atomic E-state index is -2.00. The fourth-order valence-electron chi connectivity index (χ4n) is 13.5. The van der Waals surface area contributed by atoms with E-state index < -0.39 is 255 Å². The Kier molecular flexibility index (Phi) is 57.6. The maximum Gasteiger partial charge on any atom is 0.303 e. The summed E-state index contributed by atoms with van der Waals surface area (Å²) >= 11 is 0. The Morgan fingerprint density at radius 3 is 1.18 bits per heavy atom. The third-order valence-corrected chi connectivity index (χ3v) is 21.2. The molecule has 1 fully saturated rings. The van der Waals surface area contributed by atoms with Crippen LogP contribution >= 0.6 is 0 Å². The number of aliphatic hydroxyl groups excluding tert-OH is 2. The molecule has 2 rings (SSSR count). The predicted molar refractivity (Wildman–Crippen MR) is 471 cm³/mol. The maximum atomic E-state index is 15.5. The first-order valence-electron chi connectivity index (χ1n) is 45.2. The number of nitrogens with one attached hydrogen (secondary N) is 16. The van der Waals surface area contributed by atoms with E-state index in [1.54, 1.807) is 44.2 Å². The number of hydrogen-bond acceptors (Lipinski definition) is 23. The summed E-state index contributed by atoms with van der Waals surface area (Å²) in [6.45, 7) is 7.20. The number of aliphatic hydroxyl groups is 2. The molecular weight excluding hydrogens is 1720 g/mol. The first kappa shape index (κ1) is 115. The van der Waals surface area contributed by atoms with Gasteiger partial charge in [-0.1, -0.05) is 77.3 Å². The lowest BCUT2D eigenvalue weighted by Gasteiger charge is -2.29. The van der Waals surface area contributed by atoms with E-state index in [1.165, 1.54) is 0 Å². The van der Waals surface area contributed by atoms with Crippen LogP contribution in [0.3, 0.4) is 0 Å². The van der Waals surface area contributed by atoms with Crippen molar-refractivity contribution in [2.24, 2.45) is 11.8 Å². The van der Waals surface area contributed by atoms with Crippen molar-refractivity contribution in [1.82, 2.24) is 85.1 Å². The molecule has 23 N–H and O–H groups in total. The summed E-state index contributed by atoms with van der Waals surface area (Å²) in [4.78, 5) is 285. The van der Waals surface area contributed by atoms with Crippen LogP contribution in [0.25, 0.3) is 0 Å². The highest BCUT2D eigenvalue weighted by Gasteiger charge is 2.39. The minimum Gasteiger partial charge on any atom is -0.481 e. The molecule has 0 spiro atoms. The lowest BCUT2D eigenvalue weighted by molar-refractivity contribution is -0.138. The molecule has 44 heteroatoms. The number of benzene rings is 1. The predicted octanol–water partition coefficient (Wildman–Crippen LogP) is -0.842. The lowest BCUT2D eigenvalue weighted by Crippen LogP contribution is -2.62. The average Bonchev–Trinajstić information content (AvgIpc) is 1.69. The Morgan fingerprint density at radius 1 is 0.374 bits per heavy atom. The molecule has 131 heavy (non-hydrogen) atoms. The Hall–Kier alpha value is -12.0. The van der Waals surface area contributed by atoms with E-state index in [2.05, 4.69) is 85.1 Å². The number of carboxylic acid groups (broad SMARTS) is 5. The molecule has 0 aromatic heterocycles. The van der Waals surface area contributed by atoms with Crippen molar-refractivity contribution in [2.75, 3.05) is 39.3 Å². The summed E-state index contributed by atoms with van der Waals surface area (Å²) in [5, 5.41) is 109. The van der Waals surface area contributed by atoms with Crippen LogP contribution in [-0.2, 0) is 107 Å². The van der Waals surface area contributed by atoms with Gasteiger partial charge in [-0.3, -0.25) is 101 Å². The van der Waals surface area contributed by atoms with E-state index in [0.717, 1.165) is 26.7 Å². The van der Waals surface area contributed by atoms with Crippen molar-refractivity contribution in [3.05, 3.63) is 35.9 Å². The average molecular weight is 1860 g/mol. The second kappa shape index (κ2) is 65.5. The van der Waals surface area contributed by atoms with Gasteiger partial charge in [0.1, 0.15) is 60.4 Å². The van der Waals surface area contributed by atoms with Gasteiger partial charge in [0.25, 0.3) is 0 Å². The van der Waals surface area contributed by atoms with Crippen LogP contribution in [0.15, 0.2) is 30.3 Å². The second-order valence-corrected chi connectivity index (χ2v) is 33.2. The number of aliphatic carboxylic acids is 5. The summed E-state index contributed by atoms with van der Waals surface area (Å²) in [7, 11) is 0. The molecule has 1 heterocycles. The van der Waals surface area contributed by atoms with Crippen molar-refractivity contribution in [3.8, 4) is 0 Å². The third kappa shape index (κ3) is 53.1. The van der Waals surface area contributed by atoms with Crippen LogP contribution < -0.4 is 85.1 Å². The molecule has 1 aliphatic rings. The highest BCUT2D eigenvalue weighted by atomic mass is 16.4. The van der Waals surface area contributed by atoms with Gasteiger partial charge in [0.2, 0.25) is 94.5 Å². The van der Waals surface area contributed by atoms with E-state index in [9.17, 15) is 102 Å². The summed E-state index contributed by atoms with van der Waals surface area (Å²) < 4.78 is 0. The number of carbonyl (C=O) groups is 21. The standard InChI is InChI=1S/C87H140N16O28/c1-7-53(4)24-11-12-33-70(111)94-58(39-45-89-66(107)29-14-19-35-72(114)115)82(126)103-77(55(6)105)87(131)99-61(41-47-91-68(109)31-16-21-37-74(118)119)81(125)96-60-43-49-93-86(130)76(54(5)104)102-83(127)62(42-48-92-69(110)32-17-22-38-75(120)121)97-80(124)59(40-46-90-67(108)30-15-20-36-73(116)117)98-84(128)63(50-52(2)3)100-85(129)64(51-56-25-9-8-10-26-56)101-78(122)57(95-79(60)123)27-23-44-88-65(106)28-13-18-34-71(112)113/h8-10,25-26,52-55,57-64,76-77,104-105H,7,11-24,27-51H2,1-6H3,(H,88,106)(H,89,107)(H,90,108)(H,91,109)(H,92,110)(H,93,130)(H,94,111)(H,95,123)(H,96,125)(H,97,124)(H,98,128)(H,99,131)(H,100,129)(H,101,122)(H,102,127)(H,103,126)(H,112,113)(H,114,115)(H,116,117)(H,118,119)(H,120,121)/t53?,54-,55-,57-,58+,59+,60+,61+,62+,63+,64-,76+,77+/m1/s1. The zero-order valence-electron chi connectivity index (χ0n) is 76.0. The van der Waals surface area contributed by atoms with Crippen molar-refractivity contribution in [3.63, 3.8) is 0 Å². The first-order chi connectivity index (χ1) is 62.1. The molecule has 1 aliphatic heterocycles. The van der Waals surface area contributed by atoms with Gasteiger partial charge >= 0.3 is 29.8 Å². The van der Waals surface area contributed by atoms with Crippen LogP contribution in [0, 0.1) is 11.8 Å². The fraction of sp³-hybridized carbons (Fsp3) is 0.690. The fourth-order valence-corrected chi connectivity index (χ4v) is 13.5. The summed E-state index contributed by atoms with van der Waals surface area (Å²) in [5.41, 5.74) is 0.423. The molecule has 44 nitrogen and oxygen atoms in total. The smallest absolute Gasteiger partial charge is 0.303 e. The number of rotatable bonds is 60. The number of carbonyl (C=O) groups excluding carboxylic acids is 16. The highest BCUT2D eigenvalue weighted by Crippen LogP contribution is 2.16. The monoisotopic (exact) mass is 1860 g/mol. The van der Waals surface area contributed by atoms with Gasteiger partial charge in [0.05, 0.1) is 12.2 Å². The summed E-state index contributed by atoms with van der Waals surface area (Å²) in [5.74, 6) is -20.7. The molecule has 0 bridgehead atoms. The minimum absolute atomic E-state index is 0.0481. The van der Waals surface area contributed by atoms with Gasteiger partial charge in [0.15, 0.2) is 0 Å². The van der Waals surface area contributed by atoms with Crippen molar-refractivity contribution < 1.29 is 136 Å². The topological polar surface area (TPSA) is 693 Å². The normalized spacial score (nSPS) is 18.6. The van der Waals surface area contributed by atoms with Gasteiger partial charge in [-0.2, -0.15) is 0 Å². The largest absolute Gasteiger partial charge is 0.481 e. The molecule has 0 radical (unpaired) electrons. The molecule has 1 aromatic carbocycles. The number of carboxylic acids is 5. The second-order valence-electron chi connectivity index (χ2n) is 33.2. The quantitative estimate of drug-likeness (QED) is 0.0354. The molecule has 736 valence electrons. The first-order valence-corrected chi connectivity index (χ1v) is 45.2. The van der Waals surface area contributed by atoms with Crippen LogP contribution in [-0.4, -0.2) is 272 Å². The van der Waals surface area contributed by atoms with E-state index >= 15 is 19.2 Å². The Labute approximate surface area is 762 Å². The van der Waals surface area contributed by atoms with Crippen molar-refractivity contribution >= 4 is 124 Å². The molecular formula is C87H140N16O28. The molecule has 13 atom stereocenters. The SMILES string of the molecule is CCC(C)CCCCC(=O)N[C@@H](CCNC(=O)CCCCC(=O)O)C(=O)N[C@H](C(=O)N[C@@H](CCNC(=O)CCCCC(=O)O)C(=O)N[C@H]1CCNC(=O)[C@H]([C@@H](C)O)NC(=O)[C@H](CCNC(=O)CCCCC(=O)O)NC(=O)[C@H](CCNC(=O)CCCCC(=O)O)NC(=O)[C@H](CC(C)C)NC(=O)[C@@H](Cc2ccccc2)NC(=O)[C@@H](CCCNC(=O)CCCCC(=O)O)NC1=O)[C@@H](C)O. The molecule has 0 saturated carbocycles. The summed E-state index contributed by atoms with van der Waals surface area (Å²) in [6, 6.07) is -9.92. The summed E-state index contributed by atoms with van der Waals surface area (Å²) in [6.07, 6.45) is -5.12. The van der Waals surface area contributed by atoms with Crippen LogP contribution in [0.4, 0.5) is 0 Å². The number of unbranched alkanes of at least 4 members (excludes halogenated alkanes) is 6. The van der Waals surface area contributed by atoms with E-state index in [-0.39, 0.29) is 180 Å². The highest BCUT2D eigenvalue weighted by molar-refractivity contribution is 6.00. The molecule has 1 saturated heterocycles. The zero-order valence-corrected chi connectivity index (χ0v) is 76.0. The molecule has 1 unspecified atom stereocenters. The van der Waals surface area contributed by atoms with Crippen LogP contribution in [0.2, 0.25) is 0 Å². The van der Waals surface area contributed by atoms with Gasteiger partial charge < -0.3 is 121 Å². The van der Waals surface area contributed by atoms with E-state index in [4.69, 9.17) is 15.3 Å². The third-order valence-electron chi connectivity index (χ3n) is 21.2. The van der Waals surface area contributed by atoms with Gasteiger partial charge in [-0.05, 0) is 153 Å². The molecule has 16 amide bonds. The van der Waals surface area contributed by atoms with E-state index in [1.807, 2.05) is 13.8 Å². The zero-order chi connectivity index (χ0) is 97.9. The van der Waals surface area contributed by atoms with E-state index in [0.29, 0.717) is 24.3 Å². The van der Waals surface area contributed by atoms with Crippen molar-refractivity contribution in [2.45, 2.75) is 332 Å². The van der Waals surface area contributed by atoms with Crippen molar-refractivity contribution in [1.29, 1.82) is 0 Å². The van der Waals surface area contributed by atoms with Gasteiger partial charge in [-0.15, -0.1) is 0 Å². The van der Waals surface area contributed by atoms with Crippen LogP contribution in [0.1, 0.15) is 259 Å². The molecule has 1 aromatic rings. The lowest BCUT2D eigenvalue weighted by atomic mass is 10.00. The van der Waals surface area contributed by atoms with Crippen LogP contribution in [0.5, 0.6) is 0 Å². The van der Waals surface area contributed by atoms with Gasteiger partial charge in [-0.25, -0.2) is 0 Å². The number of hydrogen-bond donors (Lipinski definition) is 23.